The third-order valence-electron chi connectivity index (χ3n) is 2.55. The Balaban J connectivity index is 2.23. The second-order valence-corrected chi connectivity index (χ2v) is 3.66. The lowest BCUT2D eigenvalue weighted by Crippen LogP contribution is -2.27. The minimum absolute atomic E-state index is 0.138. The van der Waals surface area contributed by atoms with E-state index >= 15 is 0 Å². The number of nitrogens with two attached hydrogens (primary N) is 1. The SMILES string of the molecule is Nc1ccn(C2C[C@@H](O)[C@H](CO)O2)c(=O)n1. The molecule has 4 N–H and O–H groups in total. The van der Waals surface area contributed by atoms with Gasteiger partial charge in [0.2, 0.25) is 0 Å². The fourth-order valence-electron chi connectivity index (χ4n) is 1.70. The van der Waals surface area contributed by atoms with Crippen molar-refractivity contribution in [2.24, 2.45) is 0 Å². The highest BCUT2D eigenvalue weighted by molar-refractivity contribution is 5.23. The second-order valence-electron chi connectivity index (χ2n) is 3.66. The van der Waals surface area contributed by atoms with Gasteiger partial charge in [-0.15, -0.1) is 0 Å². The number of anilines is 1. The van der Waals surface area contributed by atoms with Crippen molar-refractivity contribution < 1.29 is 14.9 Å². The number of ether oxygens (including phenoxy) is 1. The van der Waals surface area contributed by atoms with Crippen molar-refractivity contribution in [3.8, 4) is 0 Å². The number of hydrogen-bond donors (Lipinski definition) is 3. The van der Waals surface area contributed by atoms with Crippen molar-refractivity contribution in [1.82, 2.24) is 9.55 Å². The van der Waals surface area contributed by atoms with Gasteiger partial charge >= 0.3 is 5.69 Å². The predicted molar refractivity (Wildman–Crippen MR) is 54.5 cm³/mol. The summed E-state index contributed by atoms with van der Waals surface area (Å²) in [5.74, 6) is 0.138. The summed E-state index contributed by atoms with van der Waals surface area (Å²) in [6, 6.07) is 1.48. The molecule has 0 aliphatic carbocycles. The molecule has 1 saturated heterocycles. The van der Waals surface area contributed by atoms with Crippen LogP contribution in [0.2, 0.25) is 0 Å². The number of hydrogen-bond acceptors (Lipinski definition) is 6. The van der Waals surface area contributed by atoms with Crippen molar-refractivity contribution in [3.63, 3.8) is 0 Å². The minimum Gasteiger partial charge on any atom is -0.394 e. The molecule has 0 aromatic carbocycles. The van der Waals surface area contributed by atoms with E-state index in [0.717, 1.165) is 0 Å². The van der Waals surface area contributed by atoms with Gasteiger partial charge in [0.1, 0.15) is 18.1 Å². The molecule has 0 radical (unpaired) electrons. The molecule has 2 rings (SSSR count). The second kappa shape index (κ2) is 4.20. The smallest absolute Gasteiger partial charge is 0.351 e. The van der Waals surface area contributed by atoms with Crippen molar-refractivity contribution in [3.05, 3.63) is 22.7 Å². The molecule has 7 heteroatoms. The minimum atomic E-state index is -0.778. The molecular formula is C9H13N3O4. The first kappa shape index (κ1) is 11.1. The van der Waals surface area contributed by atoms with E-state index in [9.17, 15) is 9.90 Å². The molecule has 3 atom stereocenters. The first-order valence-corrected chi connectivity index (χ1v) is 4.91. The zero-order valence-electron chi connectivity index (χ0n) is 8.48. The van der Waals surface area contributed by atoms with Gasteiger partial charge in [0.25, 0.3) is 0 Å². The van der Waals surface area contributed by atoms with Crippen LogP contribution in [-0.4, -0.2) is 38.6 Å². The summed E-state index contributed by atoms with van der Waals surface area (Å²) in [5, 5.41) is 18.4. The summed E-state index contributed by atoms with van der Waals surface area (Å²) in [4.78, 5) is 15.0. The largest absolute Gasteiger partial charge is 0.394 e. The average molecular weight is 227 g/mol. The Morgan fingerprint density at radius 3 is 3.00 bits per heavy atom. The summed E-state index contributed by atoms with van der Waals surface area (Å²) in [5.41, 5.74) is 4.82. The molecule has 0 amide bonds. The van der Waals surface area contributed by atoms with Gasteiger partial charge in [-0.3, -0.25) is 4.57 Å². The van der Waals surface area contributed by atoms with Gasteiger partial charge in [-0.1, -0.05) is 0 Å². The Kier molecular flexibility index (Phi) is 2.90. The quantitative estimate of drug-likeness (QED) is 0.565. The fraction of sp³-hybridized carbons (Fsp3) is 0.556. The third-order valence-corrected chi connectivity index (χ3v) is 2.55. The van der Waals surface area contributed by atoms with E-state index in [1.165, 1.54) is 16.8 Å². The molecule has 88 valence electrons. The maximum atomic E-state index is 11.5. The zero-order valence-corrected chi connectivity index (χ0v) is 8.48. The Hall–Kier alpha value is -1.44. The van der Waals surface area contributed by atoms with E-state index in [0.29, 0.717) is 0 Å². The lowest BCUT2D eigenvalue weighted by Gasteiger charge is -2.13. The van der Waals surface area contributed by atoms with Crippen LogP contribution in [0.3, 0.4) is 0 Å². The summed E-state index contributed by atoms with van der Waals surface area (Å²) in [6.07, 6.45) is -0.333. The summed E-state index contributed by atoms with van der Waals surface area (Å²) >= 11 is 0. The lowest BCUT2D eigenvalue weighted by atomic mass is 10.2. The highest BCUT2D eigenvalue weighted by Gasteiger charge is 2.34. The number of aliphatic hydroxyl groups excluding tert-OH is 2. The first-order valence-electron chi connectivity index (χ1n) is 4.91. The monoisotopic (exact) mass is 227 g/mol. The van der Waals surface area contributed by atoms with E-state index in [1.54, 1.807) is 0 Å². The van der Waals surface area contributed by atoms with Crippen LogP contribution in [0.1, 0.15) is 12.6 Å². The molecule has 1 aromatic heterocycles. The predicted octanol–water partition coefficient (Wildman–Crippen LogP) is -1.53. The maximum Gasteiger partial charge on any atom is 0.351 e. The molecule has 1 aliphatic heterocycles. The van der Waals surface area contributed by atoms with Gasteiger partial charge in [0.15, 0.2) is 0 Å². The Labute approximate surface area is 91.1 Å². The van der Waals surface area contributed by atoms with Gasteiger partial charge in [0.05, 0.1) is 12.7 Å². The van der Waals surface area contributed by atoms with Crippen molar-refractivity contribution in [1.29, 1.82) is 0 Å². The van der Waals surface area contributed by atoms with Gasteiger partial charge in [0, 0.05) is 12.6 Å². The lowest BCUT2D eigenvalue weighted by molar-refractivity contribution is -0.0458. The highest BCUT2D eigenvalue weighted by atomic mass is 16.5. The fourth-order valence-corrected chi connectivity index (χ4v) is 1.70. The van der Waals surface area contributed by atoms with Crippen LogP contribution in [0.4, 0.5) is 5.82 Å². The highest BCUT2D eigenvalue weighted by Crippen LogP contribution is 2.27. The van der Waals surface area contributed by atoms with E-state index in [-0.39, 0.29) is 18.8 Å². The van der Waals surface area contributed by atoms with Crippen molar-refractivity contribution in [2.45, 2.75) is 24.9 Å². The van der Waals surface area contributed by atoms with Crippen LogP contribution in [0.15, 0.2) is 17.1 Å². The van der Waals surface area contributed by atoms with Gasteiger partial charge in [-0.25, -0.2) is 4.79 Å². The summed E-state index contributed by atoms with van der Waals surface area (Å²) in [7, 11) is 0. The van der Waals surface area contributed by atoms with Gasteiger partial charge in [-0.2, -0.15) is 4.98 Å². The Morgan fingerprint density at radius 2 is 2.44 bits per heavy atom. The Morgan fingerprint density at radius 1 is 1.69 bits per heavy atom. The van der Waals surface area contributed by atoms with Crippen LogP contribution < -0.4 is 11.4 Å². The standard InChI is InChI=1S/C9H13N3O4/c10-7-1-2-12(9(15)11-7)8-3-5(14)6(4-13)16-8/h1-2,5-6,8,13-14H,3-4H2,(H2,10,11,15)/t5-,6+,8?/m1/s1. The molecule has 16 heavy (non-hydrogen) atoms. The van der Waals surface area contributed by atoms with Crippen molar-refractivity contribution in [2.75, 3.05) is 12.3 Å². The first-order chi connectivity index (χ1) is 7.61. The normalized spacial score (nSPS) is 29.5. The molecular weight excluding hydrogens is 214 g/mol. The van der Waals surface area contributed by atoms with Gasteiger partial charge < -0.3 is 20.7 Å². The van der Waals surface area contributed by atoms with Gasteiger partial charge in [-0.05, 0) is 6.07 Å². The molecule has 0 saturated carbocycles. The van der Waals surface area contributed by atoms with E-state index in [1.807, 2.05) is 0 Å². The van der Waals surface area contributed by atoms with E-state index in [4.69, 9.17) is 15.6 Å². The molecule has 0 bridgehead atoms. The molecule has 1 fully saturated rings. The maximum absolute atomic E-state index is 11.5. The number of rotatable bonds is 2. The molecule has 1 unspecified atom stereocenters. The summed E-state index contributed by atoms with van der Waals surface area (Å²) in [6.45, 7) is -0.283. The average Bonchev–Trinajstić information content (AvgIpc) is 2.59. The van der Waals surface area contributed by atoms with E-state index < -0.39 is 24.1 Å². The van der Waals surface area contributed by atoms with Crippen LogP contribution in [-0.2, 0) is 4.74 Å². The van der Waals surface area contributed by atoms with Crippen LogP contribution in [0.25, 0.3) is 0 Å². The molecule has 0 spiro atoms. The number of nitrogens with zero attached hydrogens (tertiary/aromatic N) is 2. The molecule has 7 nitrogen and oxygen atoms in total. The zero-order chi connectivity index (χ0) is 11.7. The summed E-state index contributed by atoms with van der Waals surface area (Å²) < 4.78 is 6.56. The topological polar surface area (TPSA) is 111 Å². The molecule has 1 aromatic rings. The molecule has 2 heterocycles. The number of aliphatic hydroxyl groups is 2. The van der Waals surface area contributed by atoms with Crippen LogP contribution >= 0.6 is 0 Å². The van der Waals surface area contributed by atoms with E-state index in [2.05, 4.69) is 4.98 Å². The Bertz CT molecular complexity index is 433. The number of aromatic nitrogens is 2. The number of nitrogen functional groups attached to an aromatic ring is 1. The third kappa shape index (κ3) is 1.92. The molecule has 1 aliphatic rings. The van der Waals surface area contributed by atoms with Crippen LogP contribution in [0.5, 0.6) is 0 Å². The van der Waals surface area contributed by atoms with Crippen LogP contribution in [0, 0.1) is 0 Å². The van der Waals surface area contributed by atoms with Crippen molar-refractivity contribution >= 4 is 5.82 Å².